The molecule has 78 valence electrons. The van der Waals surface area contributed by atoms with E-state index in [1.54, 1.807) is 0 Å². The van der Waals surface area contributed by atoms with Gasteiger partial charge in [0.25, 0.3) is 0 Å². The third kappa shape index (κ3) is 2.18. The lowest BCUT2D eigenvalue weighted by Gasteiger charge is -2.38. The van der Waals surface area contributed by atoms with Crippen LogP contribution in [-0.2, 0) is 18.9 Å². The molecule has 0 bridgehead atoms. The van der Waals surface area contributed by atoms with Crippen molar-refractivity contribution in [3.63, 3.8) is 0 Å². The van der Waals surface area contributed by atoms with Gasteiger partial charge in [-0.15, -0.1) is 0 Å². The van der Waals surface area contributed by atoms with E-state index in [9.17, 15) is 5.11 Å². The fourth-order valence-corrected chi connectivity index (χ4v) is 1.50. The summed E-state index contributed by atoms with van der Waals surface area (Å²) in [6, 6.07) is 0. The Morgan fingerprint density at radius 1 is 1.08 bits per heavy atom. The van der Waals surface area contributed by atoms with Gasteiger partial charge in [0.15, 0.2) is 6.29 Å². The Hall–Kier alpha value is -0.200. The van der Waals surface area contributed by atoms with Gasteiger partial charge in [-0.2, -0.15) is 0 Å². The van der Waals surface area contributed by atoms with Gasteiger partial charge < -0.3 is 24.1 Å². The number of rotatable bonds is 3. The summed E-state index contributed by atoms with van der Waals surface area (Å²) in [6.07, 6.45) is -1.93. The molecule has 5 nitrogen and oxygen atoms in total. The van der Waals surface area contributed by atoms with Crippen molar-refractivity contribution in [1.82, 2.24) is 0 Å². The first-order chi connectivity index (χ1) is 6.24. The van der Waals surface area contributed by atoms with E-state index in [2.05, 4.69) is 0 Å². The van der Waals surface area contributed by atoms with Crippen molar-refractivity contribution in [1.29, 1.82) is 0 Å². The normalized spacial score (nSPS) is 40.6. The molecule has 1 aliphatic rings. The molecule has 0 aromatic heterocycles. The van der Waals surface area contributed by atoms with Crippen LogP contribution in [0.5, 0.6) is 0 Å². The van der Waals surface area contributed by atoms with Crippen LogP contribution in [0.1, 0.15) is 0 Å². The first-order valence-electron chi connectivity index (χ1n) is 4.12. The van der Waals surface area contributed by atoms with Gasteiger partial charge >= 0.3 is 0 Å². The first-order valence-corrected chi connectivity index (χ1v) is 4.12. The van der Waals surface area contributed by atoms with Crippen LogP contribution in [0.15, 0.2) is 0 Å². The number of hydrogen-bond acceptors (Lipinski definition) is 5. The molecular weight excluding hydrogens is 176 g/mol. The van der Waals surface area contributed by atoms with Gasteiger partial charge in [0, 0.05) is 21.3 Å². The monoisotopic (exact) mass is 192 g/mol. The number of hydrogen-bond donors (Lipinski definition) is 1. The average Bonchev–Trinajstić information content (AvgIpc) is 2.17. The molecule has 1 heterocycles. The van der Waals surface area contributed by atoms with E-state index in [1.165, 1.54) is 21.3 Å². The minimum Gasteiger partial charge on any atom is -0.388 e. The molecule has 13 heavy (non-hydrogen) atoms. The Morgan fingerprint density at radius 2 is 1.69 bits per heavy atom. The highest BCUT2D eigenvalue weighted by atomic mass is 16.7. The van der Waals surface area contributed by atoms with E-state index in [-0.39, 0.29) is 6.61 Å². The van der Waals surface area contributed by atoms with E-state index in [0.717, 1.165) is 0 Å². The quantitative estimate of drug-likeness (QED) is 0.646. The molecule has 0 amide bonds. The van der Waals surface area contributed by atoms with Gasteiger partial charge in [-0.25, -0.2) is 0 Å². The lowest BCUT2D eigenvalue weighted by molar-refractivity contribution is -0.272. The molecule has 1 unspecified atom stereocenters. The van der Waals surface area contributed by atoms with Gasteiger partial charge in [0.1, 0.15) is 18.3 Å². The van der Waals surface area contributed by atoms with E-state index in [4.69, 9.17) is 18.9 Å². The topological polar surface area (TPSA) is 57.2 Å². The van der Waals surface area contributed by atoms with Crippen molar-refractivity contribution in [3.05, 3.63) is 0 Å². The van der Waals surface area contributed by atoms with Gasteiger partial charge in [0.2, 0.25) is 0 Å². The second kappa shape index (κ2) is 4.88. The van der Waals surface area contributed by atoms with Crippen LogP contribution in [-0.4, -0.2) is 57.6 Å². The predicted octanol–water partition coefficient (Wildman–Crippen LogP) is -0.620. The molecule has 0 radical (unpaired) electrons. The Balaban J connectivity index is 2.64. The van der Waals surface area contributed by atoms with E-state index in [1.807, 2.05) is 0 Å². The Kier molecular flexibility index (Phi) is 4.08. The summed E-state index contributed by atoms with van der Waals surface area (Å²) in [5.41, 5.74) is 0. The third-order valence-corrected chi connectivity index (χ3v) is 2.18. The predicted molar refractivity (Wildman–Crippen MR) is 44.3 cm³/mol. The minimum absolute atomic E-state index is 0.205. The molecule has 1 saturated heterocycles. The summed E-state index contributed by atoms with van der Waals surface area (Å²) in [6.45, 7) is 0.205. The minimum atomic E-state index is -0.665. The highest BCUT2D eigenvalue weighted by Crippen LogP contribution is 2.20. The second-order valence-corrected chi connectivity index (χ2v) is 2.91. The SMILES string of the molecule is COC1OC[C@@H](O)[C@@H](OC)[C@@H]1OC. The van der Waals surface area contributed by atoms with E-state index in [0.29, 0.717) is 0 Å². The molecule has 1 rings (SSSR count). The van der Waals surface area contributed by atoms with Crippen molar-refractivity contribution < 1.29 is 24.1 Å². The number of aliphatic hydroxyl groups is 1. The Labute approximate surface area is 77.5 Å². The van der Waals surface area contributed by atoms with Gasteiger partial charge in [-0.05, 0) is 0 Å². The van der Waals surface area contributed by atoms with E-state index >= 15 is 0 Å². The average molecular weight is 192 g/mol. The summed E-state index contributed by atoms with van der Waals surface area (Å²) in [5.74, 6) is 0. The molecule has 0 aromatic carbocycles. The third-order valence-electron chi connectivity index (χ3n) is 2.18. The van der Waals surface area contributed by atoms with Crippen LogP contribution in [0.3, 0.4) is 0 Å². The summed E-state index contributed by atoms with van der Waals surface area (Å²) >= 11 is 0. The van der Waals surface area contributed by atoms with Crippen molar-refractivity contribution in [3.8, 4) is 0 Å². The maximum Gasteiger partial charge on any atom is 0.186 e. The zero-order valence-electron chi connectivity index (χ0n) is 8.10. The summed E-state index contributed by atoms with van der Waals surface area (Å²) in [4.78, 5) is 0. The number of aliphatic hydroxyl groups excluding tert-OH is 1. The largest absolute Gasteiger partial charge is 0.388 e. The molecule has 0 saturated carbocycles. The molecule has 5 heteroatoms. The van der Waals surface area contributed by atoms with Crippen LogP contribution < -0.4 is 0 Å². The van der Waals surface area contributed by atoms with Gasteiger partial charge in [-0.1, -0.05) is 0 Å². The number of methoxy groups -OCH3 is 3. The fraction of sp³-hybridized carbons (Fsp3) is 1.00. The standard InChI is InChI=1S/C8H16O5/c1-10-6-5(9)4-13-8(12-3)7(6)11-2/h5-9H,4H2,1-3H3/t5-,6-,7+,8?/m1/s1. The van der Waals surface area contributed by atoms with Crippen LogP contribution in [0.25, 0.3) is 0 Å². The van der Waals surface area contributed by atoms with Crippen LogP contribution in [0.4, 0.5) is 0 Å². The van der Waals surface area contributed by atoms with E-state index < -0.39 is 24.6 Å². The lowest BCUT2D eigenvalue weighted by atomic mass is 10.1. The highest BCUT2D eigenvalue weighted by molar-refractivity contribution is 4.84. The van der Waals surface area contributed by atoms with Gasteiger partial charge in [-0.3, -0.25) is 0 Å². The summed E-state index contributed by atoms with van der Waals surface area (Å²) < 4.78 is 20.5. The highest BCUT2D eigenvalue weighted by Gasteiger charge is 2.40. The summed E-state index contributed by atoms with van der Waals surface area (Å²) in [5, 5.41) is 9.50. The fourth-order valence-electron chi connectivity index (χ4n) is 1.50. The molecule has 0 aliphatic carbocycles. The second-order valence-electron chi connectivity index (χ2n) is 2.91. The molecule has 1 fully saturated rings. The molecule has 4 atom stereocenters. The van der Waals surface area contributed by atoms with Crippen molar-refractivity contribution in [2.75, 3.05) is 27.9 Å². The van der Waals surface area contributed by atoms with Crippen LogP contribution >= 0.6 is 0 Å². The Morgan fingerprint density at radius 3 is 2.15 bits per heavy atom. The van der Waals surface area contributed by atoms with Crippen molar-refractivity contribution >= 4 is 0 Å². The maximum atomic E-state index is 9.50. The zero-order chi connectivity index (χ0) is 9.84. The van der Waals surface area contributed by atoms with Crippen molar-refractivity contribution in [2.45, 2.75) is 24.6 Å². The lowest BCUT2D eigenvalue weighted by Crippen LogP contribution is -2.55. The summed E-state index contributed by atoms with van der Waals surface area (Å²) in [7, 11) is 4.59. The molecular formula is C8H16O5. The molecule has 0 aromatic rings. The smallest absolute Gasteiger partial charge is 0.186 e. The van der Waals surface area contributed by atoms with Crippen LogP contribution in [0.2, 0.25) is 0 Å². The molecule has 0 spiro atoms. The maximum absolute atomic E-state index is 9.50. The number of ether oxygens (including phenoxy) is 4. The Bertz CT molecular complexity index is 151. The first kappa shape index (κ1) is 10.9. The zero-order valence-corrected chi connectivity index (χ0v) is 8.10. The van der Waals surface area contributed by atoms with Crippen LogP contribution in [0, 0.1) is 0 Å². The van der Waals surface area contributed by atoms with Gasteiger partial charge in [0.05, 0.1) is 6.61 Å². The molecule has 1 N–H and O–H groups in total. The van der Waals surface area contributed by atoms with Crippen molar-refractivity contribution in [2.24, 2.45) is 0 Å². The molecule has 1 aliphatic heterocycles.